The SMILES string of the molecule is O=C(COC(=O)/C=C/c1ccc(OCc2ccccn2)cc1)NCc1cccc(Cl)c1. The predicted molar refractivity (Wildman–Crippen MR) is 118 cm³/mol. The fraction of sp³-hybridized carbons (Fsp3) is 0.125. The molecule has 31 heavy (non-hydrogen) atoms. The highest BCUT2D eigenvalue weighted by molar-refractivity contribution is 6.30. The molecular formula is C24H21ClN2O4. The largest absolute Gasteiger partial charge is 0.487 e. The molecule has 0 fully saturated rings. The van der Waals surface area contributed by atoms with Gasteiger partial charge in [-0.25, -0.2) is 4.79 Å². The van der Waals surface area contributed by atoms with Crippen LogP contribution in [0.15, 0.2) is 79.0 Å². The van der Waals surface area contributed by atoms with E-state index >= 15 is 0 Å². The summed E-state index contributed by atoms with van der Waals surface area (Å²) in [7, 11) is 0. The van der Waals surface area contributed by atoms with Crippen molar-refractivity contribution < 1.29 is 19.1 Å². The molecule has 0 spiro atoms. The van der Waals surface area contributed by atoms with E-state index in [2.05, 4.69) is 10.3 Å². The van der Waals surface area contributed by atoms with Crippen molar-refractivity contribution in [2.24, 2.45) is 0 Å². The molecule has 2 aromatic carbocycles. The van der Waals surface area contributed by atoms with Gasteiger partial charge in [-0.05, 0) is 53.6 Å². The second kappa shape index (κ2) is 11.5. The molecule has 1 heterocycles. The van der Waals surface area contributed by atoms with Gasteiger partial charge in [-0.3, -0.25) is 9.78 Å². The smallest absolute Gasteiger partial charge is 0.331 e. The Hall–Kier alpha value is -3.64. The van der Waals surface area contributed by atoms with Crippen molar-refractivity contribution in [3.8, 4) is 5.75 Å². The van der Waals surface area contributed by atoms with E-state index in [0.717, 1.165) is 16.8 Å². The topological polar surface area (TPSA) is 77.5 Å². The number of hydrogen-bond donors (Lipinski definition) is 1. The van der Waals surface area contributed by atoms with Gasteiger partial charge >= 0.3 is 5.97 Å². The minimum absolute atomic E-state index is 0.307. The number of esters is 1. The normalized spacial score (nSPS) is 10.6. The molecule has 3 rings (SSSR count). The number of nitrogens with one attached hydrogen (secondary N) is 1. The molecule has 0 aliphatic heterocycles. The maximum Gasteiger partial charge on any atom is 0.331 e. The summed E-state index contributed by atoms with van der Waals surface area (Å²) < 4.78 is 10.6. The van der Waals surface area contributed by atoms with Crippen LogP contribution in [-0.4, -0.2) is 23.5 Å². The van der Waals surface area contributed by atoms with Gasteiger partial charge < -0.3 is 14.8 Å². The first-order valence-electron chi connectivity index (χ1n) is 9.57. The molecule has 0 saturated heterocycles. The van der Waals surface area contributed by atoms with E-state index in [4.69, 9.17) is 21.1 Å². The van der Waals surface area contributed by atoms with Crippen LogP contribution in [0.25, 0.3) is 6.08 Å². The van der Waals surface area contributed by atoms with Gasteiger partial charge in [0, 0.05) is 23.8 Å². The minimum Gasteiger partial charge on any atom is -0.487 e. The summed E-state index contributed by atoms with van der Waals surface area (Å²) in [5, 5.41) is 3.26. The molecule has 0 bridgehead atoms. The number of pyridine rings is 1. The lowest BCUT2D eigenvalue weighted by Crippen LogP contribution is -2.28. The van der Waals surface area contributed by atoms with E-state index in [9.17, 15) is 9.59 Å². The maximum absolute atomic E-state index is 11.8. The highest BCUT2D eigenvalue weighted by atomic mass is 35.5. The molecule has 0 aliphatic rings. The van der Waals surface area contributed by atoms with E-state index in [1.165, 1.54) is 6.08 Å². The van der Waals surface area contributed by atoms with Crippen LogP contribution in [0.2, 0.25) is 5.02 Å². The van der Waals surface area contributed by atoms with Crippen LogP contribution in [0.1, 0.15) is 16.8 Å². The highest BCUT2D eigenvalue weighted by Gasteiger charge is 2.05. The summed E-state index contributed by atoms with van der Waals surface area (Å²) in [6.07, 6.45) is 4.59. The fourth-order valence-corrected chi connectivity index (χ4v) is 2.78. The number of benzene rings is 2. The molecule has 0 saturated carbocycles. The Labute approximate surface area is 185 Å². The zero-order chi connectivity index (χ0) is 21.9. The molecule has 0 atom stereocenters. The Bertz CT molecular complexity index is 1040. The Morgan fingerprint density at radius 1 is 1.03 bits per heavy atom. The standard InChI is InChI=1S/C24H21ClN2O4/c25-20-5-3-4-19(14-20)15-27-23(28)17-31-24(29)12-9-18-7-10-22(11-8-18)30-16-21-6-1-2-13-26-21/h1-14H,15-17H2,(H,27,28)/b12-9+. The number of aromatic nitrogens is 1. The number of hydrogen-bond acceptors (Lipinski definition) is 5. The van der Waals surface area contributed by atoms with Crippen LogP contribution < -0.4 is 10.1 Å². The number of nitrogens with zero attached hydrogens (tertiary/aromatic N) is 1. The van der Waals surface area contributed by atoms with Crippen molar-refractivity contribution in [1.29, 1.82) is 0 Å². The third-order valence-corrected chi connectivity index (χ3v) is 4.36. The van der Waals surface area contributed by atoms with Gasteiger partial charge in [-0.15, -0.1) is 0 Å². The second-order valence-corrected chi connectivity index (χ2v) is 6.96. The van der Waals surface area contributed by atoms with Crippen molar-refractivity contribution >= 4 is 29.6 Å². The van der Waals surface area contributed by atoms with Crippen molar-refractivity contribution in [3.63, 3.8) is 0 Å². The van der Waals surface area contributed by atoms with Crippen molar-refractivity contribution in [1.82, 2.24) is 10.3 Å². The summed E-state index contributed by atoms with van der Waals surface area (Å²) in [4.78, 5) is 27.8. The summed E-state index contributed by atoms with van der Waals surface area (Å²) >= 11 is 5.90. The Morgan fingerprint density at radius 3 is 2.61 bits per heavy atom. The molecule has 6 nitrogen and oxygen atoms in total. The van der Waals surface area contributed by atoms with Gasteiger partial charge in [-0.2, -0.15) is 0 Å². The average Bonchev–Trinajstić information content (AvgIpc) is 2.80. The van der Waals surface area contributed by atoms with E-state index in [-0.39, 0.29) is 6.61 Å². The first-order valence-corrected chi connectivity index (χ1v) is 9.95. The van der Waals surface area contributed by atoms with Crippen LogP contribution in [-0.2, 0) is 27.5 Å². The zero-order valence-electron chi connectivity index (χ0n) is 16.7. The van der Waals surface area contributed by atoms with Crippen LogP contribution in [0, 0.1) is 0 Å². The summed E-state index contributed by atoms with van der Waals surface area (Å²) in [5.74, 6) is -0.300. The number of rotatable bonds is 9. The molecule has 7 heteroatoms. The first-order chi connectivity index (χ1) is 15.1. The van der Waals surface area contributed by atoms with Crippen LogP contribution in [0.5, 0.6) is 5.75 Å². The van der Waals surface area contributed by atoms with Gasteiger partial charge in [0.1, 0.15) is 12.4 Å². The summed E-state index contributed by atoms with van der Waals surface area (Å²) in [6.45, 7) is 0.327. The molecule has 0 unspecified atom stereocenters. The third-order valence-electron chi connectivity index (χ3n) is 4.13. The van der Waals surface area contributed by atoms with E-state index in [1.807, 2.05) is 36.4 Å². The van der Waals surface area contributed by atoms with Gasteiger partial charge in [0.15, 0.2) is 6.61 Å². The van der Waals surface area contributed by atoms with Crippen LogP contribution in [0.3, 0.4) is 0 Å². The predicted octanol–water partition coefficient (Wildman–Crippen LogP) is 4.19. The second-order valence-electron chi connectivity index (χ2n) is 6.53. The van der Waals surface area contributed by atoms with E-state index < -0.39 is 11.9 Å². The van der Waals surface area contributed by atoms with E-state index in [0.29, 0.717) is 23.9 Å². The van der Waals surface area contributed by atoms with Crippen molar-refractivity contribution in [2.45, 2.75) is 13.2 Å². The van der Waals surface area contributed by atoms with Crippen molar-refractivity contribution in [2.75, 3.05) is 6.61 Å². The molecule has 1 N–H and O–H groups in total. The number of amides is 1. The third kappa shape index (κ3) is 7.95. The quantitative estimate of drug-likeness (QED) is 0.402. The Kier molecular flexibility index (Phi) is 8.20. The maximum atomic E-state index is 11.8. The lowest BCUT2D eigenvalue weighted by atomic mass is 10.2. The molecule has 3 aromatic rings. The molecular weight excluding hydrogens is 416 g/mol. The molecule has 0 aliphatic carbocycles. The van der Waals surface area contributed by atoms with Gasteiger partial charge in [0.05, 0.1) is 5.69 Å². The van der Waals surface area contributed by atoms with Gasteiger partial charge in [0.25, 0.3) is 5.91 Å². The molecule has 1 amide bonds. The van der Waals surface area contributed by atoms with Crippen LogP contribution in [0.4, 0.5) is 0 Å². The number of ether oxygens (including phenoxy) is 2. The fourth-order valence-electron chi connectivity index (χ4n) is 2.56. The lowest BCUT2D eigenvalue weighted by molar-refractivity contribution is -0.143. The summed E-state index contributed by atoms with van der Waals surface area (Å²) in [6, 6.07) is 20.0. The van der Waals surface area contributed by atoms with Crippen LogP contribution >= 0.6 is 11.6 Å². The first kappa shape index (κ1) is 22.1. The number of carbonyl (C=O) groups is 2. The highest BCUT2D eigenvalue weighted by Crippen LogP contribution is 2.15. The summed E-state index contributed by atoms with van der Waals surface area (Å²) in [5.41, 5.74) is 2.50. The monoisotopic (exact) mass is 436 g/mol. The molecule has 0 radical (unpaired) electrons. The molecule has 1 aromatic heterocycles. The number of carbonyl (C=O) groups excluding carboxylic acids is 2. The lowest BCUT2D eigenvalue weighted by Gasteiger charge is -2.06. The zero-order valence-corrected chi connectivity index (χ0v) is 17.4. The Balaban J connectivity index is 1.38. The Morgan fingerprint density at radius 2 is 1.87 bits per heavy atom. The van der Waals surface area contributed by atoms with Gasteiger partial charge in [0.2, 0.25) is 0 Å². The van der Waals surface area contributed by atoms with E-state index in [1.54, 1.807) is 42.6 Å². The van der Waals surface area contributed by atoms with Crippen molar-refractivity contribution in [3.05, 3.63) is 101 Å². The minimum atomic E-state index is -0.603. The average molecular weight is 437 g/mol. The molecule has 158 valence electrons. The van der Waals surface area contributed by atoms with Gasteiger partial charge in [-0.1, -0.05) is 41.9 Å². The number of halogens is 1.